The smallest absolute Gasteiger partial charge is 0.434 e. The van der Waals surface area contributed by atoms with Crippen molar-refractivity contribution in [3.8, 4) is 5.75 Å². The number of benzene rings is 2. The third-order valence-electron chi connectivity index (χ3n) is 5.96. The van der Waals surface area contributed by atoms with Crippen molar-refractivity contribution in [2.45, 2.75) is 19.1 Å². The van der Waals surface area contributed by atoms with Gasteiger partial charge < -0.3 is 13.9 Å². The molecule has 1 aliphatic rings. The summed E-state index contributed by atoms with van der Waals surface area (Å²) in [7, 11) is 1.37. The molecule has 0 amide bonds. The lowest BCUT2D eigenvalue weighted by atomic mass is 9.90. The van der Waals surface area contributed by atoms with Gasteiger partial charge in [0.1, 0.15) is 17.6 Å². The molecule has 39 heavy (non-hydrogen) atoms. The number of carbonyl (C=O) groups is 1. The normalized spacial score (nSPS) is 15.9. The highest BCUT2D eigenvalue weighted by Gasteiger charge is 2.46. The van der Waals surface area contributed by atoms with Crippen LogP contribution in [0.25, 0.3) is 16.8 Å². The standard InChI is InChI=1S/C26H17BrF3IN2O5S/c1-3-37-24(35)19-20(18-14-7-5-4-6-12(14)8-9-16(18)36-2)33-23(34)17(11-13-10-15(27)22(31)38-13)39-25(33)32-21(19)26(28,29)30/h4-11,20H,3H2,1-2H3/b17-11+/t20-/m0/s1. The Morgan fingerprint density at radius 1 is 1.28 bits per heavy atom. The summed E-state index contributed by atoms with van der Waals surface area (Å²) < 4.78 is 62.0. The minimum Gasteiger partial charge on any atom is -0.496 e. The van der Waals surface area contributed by atoms with Crippen LogP contribution in [0.4, 0.5) is 13.2 Å². The average Bonchev–Trinajstić information content (AvgIpc) is 3.38. The van der Waals surface area contributed by atoms with Crippen LogP contribution in [0.3, 0.4) is 0 Å². The van der Waals surface area contributed by atoms with E-state index in [4.69, 9.17) is 13.9 Å². The Morgan fingerprint density at radius 3 is 2.67 bits per heavy atom. The molecule has 0 N–H and O–H groups in total. The lowest BCUT2D eigenvalue weighted by molar-refractivity contribution is -0.140. The number of hydrogen-bond donors (Lipinski definition) is 0. The zero-order valence-corrected chi connectivity index (χ0v) is 24.7. The van der Waals surface area contributed by atoms with Gasteiger partial charge in [0.15, 0.2) is 14.3 Å². The van der Waals surface area contributed by atoms with E-state index < -0.39 is 35.0 Å². The second kappa shape index (κ2) is 10.6. The molecular weight excluding hydrogens is 716 g/mol. The molecule has 0 fully saturated rings. The fourth-order valence-electron chi connectivity index (χ4n) is 4.41. The van der Waals surface area contributed by atoms with Gasteiger partial charge in [0, 0.05) is 34.2 Å². The predicted octanol–water partition coefficient (Wildman–Crippen LogP) is 5.46. The summed E-state index contributed by atoms with van der Waals surface area (Å²) in [5, 5.41) is 1.19. The number of nitrogens with zero attached hydrogens (tertiary/aromatic N) is 2. The molecule has 1 aliphatic heterocycles. The molecule has 3 heterocycles. The number of allylic oxidation sites excluding steroid dienone is 1. The Bertz CT molecular complexity index is 1820. The number of rotatable bonds is 5. The lowest BCUT2D eigenvalue weighted by Crippen LogP contribution is -2.41. The van der Waals surface area contributed by atoms with Crippen LogP contribution in [-0.2, 0) is 9.53 Å². The van der Waals surface area contributed by atoms with E-state index in [0.717, 1.165) is 15.9 Å². The highest BCUT2D eigenvalue weighted by atomic mass is 127. The summed E-state index contributed by atoms with van der Waals surface area (Å²) in [6.07, 6.45) is -3.59. The molecule has 5 rings (SSSR count). The third kappa shape index (κ3) is 4.95. The maximum absolute atomic E-state index is 14.5. The van der Waals surface area contributed by atoms with Crippen molar-refractivity contribution in [1.29, 1.82) is 0 Å². The summed E-state index contributed by atoms with van der Waals surface area (Å²) >= 11 is 6.05. The number of furan rings is 1. The summed E-state index contributed by atoms with van der Waals surface area (Å²) in [5.74, 6) is -0.716. The van der Waals surface area contributed by atoms with Gasteiger partial charge in [-0.2, -0.15) is 13.2 Å². The molecule has 0 bridgehead atoms. The van der Waals surface area contributed by atoms with Crippen LogP contribution in [0.15, 0.2) is 72.4 Å². The van der Waals surface area contributed by atoms with E-state index in [0.29, 0.717) is 24.8 Å². The third-order valence-corrected chi connectivity index (χ3v) is 9.07. The number of thiazole rings is 1. The highest BCUT2D eigenvalue weighted by molar-refractivity contribution is 14.1. The van der Waals surface area contributed by atoms with E-state index in [1.54, 1.807) is 42.5 Å². The first kappa shape index (κ1) is 27.6. The predicted molar refractivity (Wildman–Crippen MR) is 150 cm³/mol. The quantitative estimate of drug-likeness (QED) is 0.201. The summed E-state index contributed by atoms with van der Waals surface area (Å²) in [6, 6.07) is 10.4. The minimum absolute atomic E-state index is 0.0715. The molecule has 2 aromatic heterocycles. The van der Waals surface area contributed by atoms with Crippen molar-refractivity contribution < 1.29 is 31.9 Å². The van der Waals surface area contributed by atoms with Crippen LogP contribution in [0.1, 0.15) is 24.3 Å². The van der Waals surface area contributed by atoms with Crippen LogP contribution in [-0.4, -0.2) is 30.4 Å². The fraction of sp³-hybridized carbons (Fsp3) is 0.192. The number of esters is 1. The summed E-state index contributed by atoms with van der Waals surface area (Å²) in [5.41, 5.74) is -2.67. The second-order valence-electron chi connectivity index (χ2n) is 8.24. The van der Waals surface area contributed by atoms with Crippen LogP contribution in [0, 0.1) is 3.77 Å². The molecular formula is C26H17BrF3IN2O5S. The maximum Gasteiger partial charge on any atom is 0.434 e. The van der Waals surface area contributed by atoms with Crippen molar-refractivity contribution in [3.05, 3.63) is 93.0 Å². The first-order valence-electron chi connectivity index (χ1n) is 11.4. The average molecular weight is 733 g/mol. The Labute approximate surface area is 244 Å². The van der Waals surface area contributed by atoms with Crippen molar-refractivity contribution in [2.75, 3.05) is 13.7 Å². The van der Waals surface area contributed by atoms with Gasteiger partial charge in [-0.3, -0.25) is 9.36 Å². The van der Waals surface area contributed by atoms with Crippen molar-refractivity contribution in [2.24, 2.45) is 4.99 Å². The largest absolute Gasteiger partial charge is 0.496 e. The van der Waals surface area contributed by atoms with Crippen LogP contribution in [0.2, 0.25) is 0 Å². The first-order valence-corrected chi connectivity index (χ1v) is 14.0. The number of fused-ring (bicyclic) bond motifs is 2. The highest BCUT2D eigenvalue weighted by Crippen LogP contribution is 2.43. The second-order valence-corrected chi connectivity index (χ2v) is 11.1. The first-order chi connectivity index (χ1) is 18.5. The zero-order chi connectivity index (χ0) is 28.1. The van der Waals surface area contributed by atoms with E-state index in [1.807, 2.05) is 22.6 Å². The van der Waals surface area contributed by atoms with Gasteiger partial charge in [0.25, 0.3) is 5.56 Å². The fourth-order valence-corrected chi connectivity index (χ4v) is 6.11. The molecule has 0 spiro atoms. The molecule has 2 aromatic carbocycles. The maximum atomic E-state index is 14.5. The number of hydrogen-bond acceptors (Lipinski definition) is 7. The van der Waals surface area contributed by atoms with Crippen molar-refractivity contribution >= 4 is 72.7 Å². The number of alkyl halides is 3. The van der Waals surface area contributed by atoms with Crippen LogP contribution in [0.5, 0.6) is 5.75 Å². The summed E-state index contributed by atoms with van der Waals surface area (Å²) in [6.45, 7) is 1.31. The molecule has 202 valence electrons. The van der Waals surface area contributed by atoms with Crippen LogP contribution < -0.4 is 19.6 Å². The SMILES string of the molecule is CCOC(=O)C1=C(C(F)(F)F)N=c2s/c(=C/c3cc(Br)c(I)o3)c(=O)n2[C@H]1c1c(OC)ccc2ccccc12. The number of ether oxygens (including phenoxy) is 2. The monoisotopic (exact) mass is 732 g/mol. The zero-order valence-electron chi connectivity index (χ0n) is 20.1. The molecule has 0 unspecified atom stereocenters. The van der Waals surface area contributed by atoms with Gasteiger partial charge >= 0.3 is 12.1 Å². The van der Waals surface area contributed by atoms with E-state index in [-0.39, 0.29) is 27.3 Å². The van der Waals surface area contributed by atoms with E-state index in [1.165, 1.54) is 20.1 Å². The van der Waals surface area contributed by atoms with Crippen molar-refractivity contribution in [1.82, 2.24) is 4.57 Å². The van der Waals surface area contributed by atoms with E-state index >= 15 is 0 Å². The lowest BCUT2D eigenvalue weighted by Gasteiger charge is -2.28. The Hall–Kier alpha value is -2.91. The molecule has 0 saturated heterocycles. The number of carbonyl (C=O) groups excluding carboxylic acids is 1. The molecule has 0 aliphatic carbocycles. The Morgan fingerprint density at radius 2 is 2.03 bits per heavy atom. The number of methoxy groups -OCH3 is 1. The Kier molecular flexibility index (Phi) is 7.50. The van der Waals surface area contributed by atoms with Gasteiger partial charge in [-0.05, 0) is 45.8 Å². The van der Waals surface area contributed by atoms with Gasteiger partial charge in [-0.25, -0.2) is 9.79 Å². The van der Waals surface area contributed by atoms with E-state index in [9.17, 15) is 22.8 Å². The molecule has 4 aromatic rings. The Balaban J connectivity index is 1.93. The molecule has 13 heteroatoms. The van der Waals surface area contributed by atoms with E-state index in [2.05, 4.69) is 20.9 Å². The van der Waals surface area contributed by atoms with Gasteiger partial charge in [0.05, 0.1) is 28.3 Å². The van der Waals surface area contributed by atoms with Gasteiger partial charge in [-0.15, -0.1) is 0 Å². The molecule has 0 saturated carbocycles. The molecule has 7 nitrogen and oxygen atoms in total. The minimum atomic E-state index is -5.02. The number of halogens is 5. The van der Waals surface area contributed by atoms with Crippen LogP contribution >= 0.6 is 49.9 Å². The number of aromatic nitrogens is 1. The molecule has 0 radical (unpaired) electrons. The molecule has 1 atom stereocenters. The van der Waals surface area contributed by atoms with Gasteiger partial charge in [-0.1, -0.05) is 41.7 Å². The summed E-state index contributed by atoms with van der Waals surface area (Å²) in [4.78, 5) is 30.6. The topological polar surface area (TPSA) is 83.0 Å². The van der Waals surface area contributed by atoms with Gasteiger partial charge in [0.2, 0.25) is 0 Å². The van der Waals surface area contributed by atoms with Crippen molar-refractivity contribution in [3.63, 3.8) is 0 Å².